The molecule has 0 fully saturated rings. The first kappa shape index (κ1) is 17.2. The lowest BCUT2D eigenvalue weighted by Gasteiger charge is -2.22. The molecule has 1 amide bonds. The summed E-state index contributed by atoms with van der Waals surface area (Å²) < 4.78 is 5.68. The Balaban J connectivity index is 1.85. The van der Waals surface area contributed by atoms with Crippen LogP contribution in [-0.4, -0.2) is 29.9 Å². The quantitative estimate of drug-likeness (QED) is 0.878. The molecule has 1 atom stereocenters. The molecular weight excluding hydrogens is 318 g/mol. The van der Waals surface area contributed by atoms with Crippen molar-refractivity contribution in [3.05, 3.63) is 59.7 Å². The maximum absolute atomic E-state index is 12.9. The number of nitrogens with zero attached hydrogens (tertiary/aromatic N) is 1. The molecule has 1 N–H and O–H groups in total. The van der Waals surface area contributed by atoms with Gasteiger partial charge in [-0.3, -0.25) is 9.59 Å². The van der Waals surface area contributed by atoms with Gasteiger partial charge in [-0.15, -0.1) is 0 Å². The molecule has 1 aliphatic rings. The summed E-state index contributed by atoms with van der Waals surface area (Å²) in [5, 5.41) is 10.9. The van der Waals surface area contributed by atoms with Crippen LogP contribution in [-0.2, 0) is 15.2 Å². The van der Waals surface area contributed by atoms with E-state index in [4.69, 9.17) is 4.74 Å². The van der Waals surface area contributed by atoms with Gasteiger partial charge < -0.3 is 14.7 Å². The monoisotopic (exact) mass is 339 g/mol. The predicted molar refractivity (Wildman–Crippen MR) is 94.7 cm³/mol. The number of anilines is 1. The Morgan fingerprint density at radius 2 is 1.88 bits per heavy atom. The lowest BCUT2D eigenvalue weighted by molar-refractivity contribution is -0.141. The Morgan fingerprint density at radius 1 is 1.16 bits per heavy atom. The zero-order valence-electron chi connectivity index (χ0n) is 14.4. The fraction of sp³-hybridized carbons (Fsp3) is 0.300. The van der Waals surface area contributed by atoms with Gasteiger partial charge in [-0.25, -0.2) is 0 Å². The van der Waals surface area contributed by atoms with Crippen molar-refractivity contribution >= 4 is 17.4 Å². The van der Waals surface area contributed by atoms with E-state index in [0.717, 1.165) is 11.3 Å². The van der Waals surface area contributed by atoms with Crippen LogP contribution in [0.1, 0.15) is 24.5 Å². The van der Waals surface area contributed by atoms with E-state index in [0.29, 0.717) is 24.4 Å². The van der Waals surface area contributed by atoms with Gasteiger partial charge in [-0.05, 0) is 31.5 Å². The minimum absolute atomic E-state index is 0.224. The number of amides is 1. The second-order valence-corrected chi connectivity index (χ2v) is 6.33. The molecule has 1 aliphatic heterocycles. The second kappa shape index (κ2) is 6.69. The van der Waals surface area contributed by atoms with Crippen LogP contribution < -0.4 is 9.64 Å². The Hall–Kier alpha value is -2.66. The molecule has 0 radical (unpaired) electrons. The maximum Gasteiger partial charge on any atom is 0.264 e. The van der Waals surface area contributed by atoms with Gasteiger partial charge in [0.05, 0.1) is 12.2 Å². The summed E-state index contributed by atoms with van der Waals surface area (Å²) in [7, 11) is 0. The van der Waals surface area contributed by atoms with Crippen LogP contribution in [0.3, 0.4) is 0 Å². The van der Waals surface area contributed by atoms with Crippen molar-refractivity contribution in [2.75, 3.05) is 18.1 Å². The highest BCUT2D eigenvalue weighted by Gasteiger charge is 2.50. The summed E-state index contributed by atoms with van der Waals surface area (Å²) in [6.45, 7) is 3.85. The van der Waals surface area contributed by atoms with E-state index in [1.165, 1.54) is 11.8 Å². The van der Waals surface area contributed by atoms with Gasteiger partial charge in [0.1, 0.15) is 18.1 Å². The van der Waals surface area contributed by atoms with Crippen LogP contribution >= 0.6 is 0 Å². The molecule has 5 heteroatoms. The van der Waals surface area contributed by atoms with Crippen molar-refractivity contribution in [1.29, 1.82) is 0 Å². The largest absolute Gasteiger partial charge is 0.492 e. The summed E-state index contributed by atoms with van der Waals surface area (Å²) in [6, 6.07) is 14.7. The molecule has 1 unspecified atom stereocenters. The number of fused-ring (bicyclic) bond motifs is 1. The summed E-state index contributed by atoms with van der Waals surface area (Å²) in [4.78, 5) is 26.0. The number of rotatable bonds is 6. The number of aryl methyl sites for hydroxylation is 1. The summed E-state index contributed by atoms with van der Waals surface area (Å²) >= 11 is 0. The molecule has 0 spiro atoms. The van der Waals surface area contributed by atoms with Crippen molar-refractivity contribution in [3.8, 4) is 5.75 Å². The van der Waals surface area contributed by atoms with E-state index < -0.39 is 11.5 Å². The third kappa shape index (κ3) is 3.15. The molecule has 2 aromatic rings. The number of benzene rings is 2. The lowest BCUT2D eigenvalue weighted by atomic mass is 9.89. The number of carbonyl (C=O) groups excluding carboxylic acids is 2. The van der Waals surface area contributed by atoms with Crippen molar-refractivity contribution in [3.63, 3.8) is 0 Å². The highest BCUT2D eigenvalue weighted by Crippen LogP contribution is 2.44. The van der Waals surface area contributed by atoms with Crippen LogP contribution in [0.25, 0.3) is 0 Å². The summed E-state index contributed by atoms with van der Waals surface area (Å²) in [5.74, 6) is 0.0208. The van der Waals surface area contributed by atoms with Crippen LogP contribution in [0, 0.1) is 6.92 Å². The second-order valence-electron chi connectivity index (χ2n) is 6.33. The average molecular weight is 339 g/mol. The number of para-hydroxylation sites is 2. The molecule has 5 nitrogen and oxygen atoms in total. The first-order chi connectivity index (χ1) is 11.9. The van der Waals surface area contributed by atoms with Gasteiger partial charge in [0, 0.05) is 12.0 Å². The highest BCUT2D eigenvalue weighted by atomic mass is 16.5. The van der Waals surface area contributed by atoms with E-state index in [2.05, 4.69) is 0 Å². The number of Topliss-reactive ketones (excluding diaryl/α,β-unsaturated/α-hetero) is 1. The molecule has 25 heavy (non-hydrogen) atoms. The zero-order valence-corrected chi connectivity index (χ0v) is 14.4. The zero-order chi connectivity index (χ0) is 18.0. The number of hydrogen-bond donors (Lipinski definition) is 1. The molecule has 2 aromatic carbocycles. The molecule has 1 heterocycles. The Kier molecular flexibility index (Phi) is 4.59. The van der Waals surface area contributed by atoms with Crippen LogP contribution in [0.4, 0.5) is 5.69 Å². The SMILES string of the molecule is CC(=O)CC1(O)C(=O)N(CCOc2ccccc2)c2c(C)cccc21. The van der Waals surface area contributed by atoms with Crippen LogP contribution in [0.2, 0.25) is 0 Å². The number of carbonyl (C=O) groups is 2. The van der Waals surface area contributed by atoms with Crippen molar-refractivity contribution < 1.29 is 19.4 Å². The number of ketones is 1. The van der Waals surface area contributed by atoms with E-state index >= 15 is 0 Å². The van der Waals surface area contributed by atoms with Crippen LogP contribution in [0.15, 0.2) is 48.5 Å². The molecule has 0 saturated heterocycles. The van der Waals surface area contributed by atoms with Gasteiger partial charge in [0.15, 0.2) is 5.60 Å². The highest BCUT2D eigenvalue weighted by molar-refractivity contribution is 6.09. The van der Waals surface area contributed by atoms with Gasteiger partial charge in [-0.1, -0.05) is 36.4 Å². The molecular formula is C20H21NO4. The molecule has 0 aromatic heterocycles. The molecule has 130 valence electrons. The van der Waals surface area contributed by atoms with E-state index in [9.17, 15) is 14.7 Å². The number of ether oxygens (including phenoxy) is 1. The Morgan fingerprint density at radius 3 is 2.56 bits per heavy atom. The minimum Gasteiger partial charge on any atom is -0.492 e. The fourth-order valence-electron chi connectivity index (χ4n) is 3.31. The number of hydrogen-bond acceptors (Lipinski definition) is 4. The smallest absolute Gasteiger partial charge is 0.264 e. The Labute approximate surface area is 146 Å². The van der Waals surface area contributed by atoms with Crippen molar-refractivity contribution in [2.45, 2.75) is 25.9 Å². The fourth-order valence-corrected chi connectivity index (χ4v) is 3.31. The summed E-state index contributed by atoms with van der Waals surface area (Å²) in [5.41, 5.74) is 0.255. The van der Waals surface area contributed by atoms with Gasteiger partial charge >= 0.3 is 0 Å². The van der Waals surface area contributed by atoms with E-state index in [1.54, 1.807) is 12.1 Å². The molecule has 0 saturated carbocycles. The van der Waals surface area contributed by atoms with E-state index in [1.807, 2.05) is 43.3 Å². The van der Waals surface area contributed by atoms with Gasteiger partial charge in [-0.2, -0.15) is 0 Å². The third-order valence-corrected chi connectivity index (χ3v) is 4.38. The first-order valence-corrected chi connectivity index (χ1v) is 8.25. The summed E-state index contributed by atoms with van der Waals surface area (Å²) in [6.07, 6.45) is -0.224. The number of aliphatic hydroxyl groups is 1. The normalized spacial score (nSPS) is 19.0. The Bertz CT molecular complexity index is 803. The molecule has 0 bridgehead atoms. The van der Waals surface area contributed by atoms with Crippen molar-refractivity contribution in [2.24, 2.45) is 0 Å². The predicted octanol–water partition coefficient (Wildman–Crippen LogP) is 2.59. The standard InChI is InChI=1S/C20H21NO4/c1-14-7-6-10-17-18(14)21(19(23)20(17,24)13-15(2)22)11-12-25-16-8-4-3-5-9-16/h3-10,24H,11-13H2,1-2H3. The maximum atomic E-state index is 12.9. The average Bonchev–Trinajstić information content (AvgIpc) is 2.78. The van der Waals surface area contributed by atoms with E-state index in [-0.39, 0.29) is 12.2 Å². The van der Waals surface area contributed by atoms with Crippen LogP contribution in [0.5, 0.6) is 5.75 Å². The lowest BCUT2D eigenvalue weighted by Crippen LogP contribution is -2.43. The third-order valence-electron chi connectivity index (χ3n) is 4.38. The molecule has 0 aliphatic carbocycles. The minimum atomic E-state index is -1.79. The van der Waals surface area contributed by atoms with Gasteiger partial charge in [0.25, 0.3) is 5.91 Å². The van der Waals surface area contributed by atoms with Crippen molar-refractivity contribution in [1.82, 2.24) is 0 Å². The topological polar surface area (TPSA) is 66.8 Å². The molecule has 3 rings (SSSR count). The van der Waals surface area contributed by atoms with Gasteiger partial charge in [0.2, 0.25) is 0 Å². The first-order valence-electron chi connectivity index (χ1n) is 8.25.